The zero-order valence-corrected chi connectivity index (χ0v) is 18.6. The first kappa shape index (κ1) is 23.4. The van der Waals surface area contributed by atoms with Crippen molar-refractivity contribution in [1.29, 1.82) is 0 Å². The number of para-hydroxylation sites is 1. The highest BCUT2D eigenvalue weighted by Crippen LogP contribution is 2.18. The zero-order valence-electron chi connectivity index (χ0n) is 18.6. The maximum atomic E-state index is 13.1. The Morgan fingerprint density at radius 3 is 2.34 bits per heavy atom. The summed E-state index contributed by atoms with van der Waals surface area (Å²) in [7, 11) is 0. The number of rotatable bonds is 8. The van der Waals surface area contributed by atoms with E-state index in [0.717, 1.165) is 5.56 Å². The van der Waals surface area contributed by atoms with Gasteiger partial charge in [-0.2, -0.15) is 5.10 Å². The summed E-state index contributed by atoms with van der Waals surface area (Å²) in [6.07, 6.45) is 1.51. The van der Waals surface area contributed by atoms with Gasteiger partial charge in [0.1, 0.15) is 18.2 Å². The van der Waals surface area contributed by atoms with Gasteiger partial charge in [0.15, 0.2) is 0 Å². The van der Waals surface area contributed by atoms with E-state index in [1.54, 1.807) is 18.2 Å². The summed E-state index contributed by atoms with van der Waals surface area (Å²) in [6, 6.07) is 28.8. The van der Waals surface area contributed by atoms with Crippen LogP contribution in [0.15, 0.2) is 108 Å². The number of halogens is 1. The van der Waals surface area contributed by atoms with E-state index in [1.807, 2.05) is 54.6 Å². The van der Waals surface area contributed by atoms with Crippen LogP contribution in [0.5, 0.6) is 5.75 Å². The van der Waals surface area contributed by atoms with Gasteiger partial charge in [0.2, 0.25) is 0 Å². The summed E-state index contributed by atoms with van der Waals surface area (Å²) in [5.41, 5.74) is 5.28. The van der Waals surface area contributed by atoms with Crippen LogP contribution in [0.3, 0.4) is 0 Å². The van der Waals surface area contributed by atoms with Gasteiger partial charge >= 0.3 is 0 Å². The number of nitrogens with one attached hydrogen (secondary N) is 2. The molecule has 2 amide bonds. The molecule has 0 atom stereocenters. The van der Waals surface area contributed by atoms with E-state index in [1.165, 1.54) is 36.5 Å². The van der Waals surface area contributed by atoms with Crippen molar-refractivity contribution in [1.82, 2.24) is 5.43 Å². The third-order valence-electron chi connectivity index (χ3n) is 5.01. The molecule has 0 aromatic heterocycles. The van der Waals surface area contributed by atoms with Gasteiger partial charge in [-0.3, -0.25) is 9.59 Å². The molecule has 0 aliphatic carbocycles. The van der Waals surface area contributed by atoms with Crippen molar-refractivity contribution in [3.05, 3.63) is 131 Å². The minimum absolute atomic E-state index is 0.305. The van der Waals surface area contributed by atoms with Crippen LogP contribution < -0.4 is 15.5 Å². The molecule has 0 saturated carbocycles. The summed E-state index contributed by atoms with van der Waals surface area (Å²) >= 11 is 0. The predicted octanol–water partition coefficient (Wildman–Crippen LogP) is 5.42. The van der Waals surface area contributed by atoms with Gasteiger partial charge in [0.05, 0.1) is 6.21 Å². The average Bonchev–Trinajstić information content (AvgIpc) is 2.89. The molecule has 6 nitrogen and oxygen atoms in total. The molecule has 0 aliphatic heterocycles. The molecule has 7 heteroatoms. The first-order chi connectivity index (χ1) is 17.1. The predicted molar refractivity (Wildman–Crippen MR) is 133 cm³/mol. The summed E-state index contributed by atoms with van der Waals surface area (Å²) in [6.45, 7) is 0.411. The van der Waals surface area contributed by atoms with Gasteiger partial charge in [0.25, 0.3) is 11.8 Å². The van der Waals surface area contributed by atoms with Gasteiger partial charge in [-0.25, -0.2) is 9.82 Å². The zero-order chi connectivity index (χ0) is 24.5. The van der Waals surface area contributed by atoms with Crippen molar-refractivity contribution in [2.45, 2.75) is 6.61 Å². The lowest BCUT2D eigenvalue weighted by Crippen LogP contribution is -2.18. The quantitative estimate of drug-likeness (QED) is 0.268. The fourth-order valence-electron chi connectivity index (χ4n) is 3.22. The van der Waals surface area contributed by atoms with Gasteiger partial charge < -0.3 is 10.1 Å². The number of carbonyl (C=O) groups is 2. The van der Waals surface area contributed by atoms with E-state index in [0.29, 0.717) is 34.7 Å². The molecule has 0 radical (unpaired) electrons. The SMILES string of the molecule is O=C(N/N=C/c1ccccc1OCc1ccccc1)c1cccc(NC(=O)c2ccc(F)cc2)c1. The highest BCUT2D eigenvalue weighted by Gasteiger charge is 2.09. The molecule has 35 heavy (non-hydrogen) atoms. The summed E-state index contributed by atoms with van der Waals surface area (Å²) in [4.78, 5) is 24.9. The molecule has 174 valence electrons. The standard InChI is InChI=1S/C28H22FN3O3/c29-24-15-13-21(14-16-24)27(33)31-25-11-6-10-22(17-25)28(34)32-30-18-23-9-4-5-12-26(23)35-19-20-7-2-1-3-8-20/h1-18H,19H2,(H,31,33)(H,32,34)/b30-18+. The van der Waals surface area contributed by atoms with Crippen LogP contribution in [0.25, 0.3) is 0 Å². The van der Waals surface area contributed by atoms with Crippen LogP contribution in [-0.4, -0.2) is 18.0 Å². The lowest BCUT2D eigenvalue weighted by molar-refractivity contribution is 0.0953. The number of carbonyl (C=O) groups excluding carboxylic acids is 2. The van der Waals surface area contributed by atoms with Crippen LogP contribution >= 0.6 is 0 Å². The normalized spacial score (nSPS) is 10.7. The second kappa shape index (κ2) is 11.4. The molecule has 4 rings (SSSR count). The van der Waals surface area contributed by atoms with E-state index in [2.05, 4.69) is 15.8 Å². The molecule has 0 saturated heterocycles. The Morgan fingerprint density at radius 1 is 0.800 bits per heavy atom. The summed E-state index contributed by atoms with van der Waals surface area (Å²) < 4.78 is 19.0. The fourth-order valence-corrected chi connectivity index (χ4v) is 3.22. The van der Waals surface area contributed by atoms with E-state index >= 15 is 0 Å². The van der Waals surface area contributed by atoms with Crippen molar-refractivity contribution >= 4 is 23.7 Å². The number of anilines is 1. The minimum Gasteiger partial charge on any atom is -0.488 e. The number of hydrogen-bond donors (Lipinski definition) is 2. The van der Waals surface area contributed by atoms with E-state index in [9.17, 15) is 14.0 Å². The van der Waals surface area contributed by atoms with Crippen molar-refractivity contribution in [3.63, 3.8) is 0 Å². The topological polar surface area (TPSA) is 79.8 Å². The molecular formula is C28H22FN3O3. The first-order valence-corrected chi connectivity index (χ1v) is 10.8. The van der Waals surface area contributed by atoms with Crippen LogP contribution in [0, 0.1) is 5.82 Å². The monoisotopic (exact) mass is 467 g/mol. The molecule has 2 N–H and O–H groups in total. The van der Waals surface area contributed by atoms with Crippen molar-refractivity contribution in [2.24, 2.45) is 5.10 Å². The van der Waals surface area contributed by atoms with Crippen molar-refractivity contribution in [2.75, 3.05) is 5.32 Å². The Hall–Kier alpha value is -4.78. The Labute approximate surface area is 202 Å². The summed E-state index contributed by atoms with van der Waals surface area (Å²) in [5.74, 6) is -0.638. The molecule has 4 aromatic rings. The third kappa shape index (κ3) is 6.61. The number of hydrogen-bond acceptors (Lipinski definition) is 4. The van der Waals surface area contributed by atoms with E-state index < -0.39 is 17.6 Å². The highest BCUT2D eigenvalue weighted by atomic mass is 19.1. The third-order valence-corrected chi connectivity index (χ3v) is 5.01. The Balaban J connectivity index is 1.37. The average molecular weight is 468 g/mol. The molecule has 0 heterocycles. The lowest BCUT2D eigenvalue weighted by atomic mass is 10.1. The molecule has 0 unspecified atom stereocenters. The fraction of sp³-hybridized carbons (Fsp3) is 0.0357. The summed E-state index contributed by atoms with van der Waals surface area (Å²) in [5, 5.41) is 6.75. The number of benzene rings is 4. The number of amides is 2. The van der Waals surface area contributed by atoms with Crippen LogP contribution in [0.1, 0.15) is 31.8 Å². The van der Waals surface area contributed by atoms with Gasteiger partial charge in [-0.15, -0.1) is 0 Å². The number of nitrogens with zero attached hydrogens (tertiary/aromatic N) is 1. The smallest absolute Gasteiger partial charge is 0.271 e. The number of hydrazone groups is 1. The largest absolute Gasteiger partial charge is 0.488 e. The molecule has 0 bridgehead atoms. The lowest BCUT2D eigenvalue weighted by Gasteiger charge is -2.09. The Kier molecular flexibility index (Phi) is 7.60. The minimum atomic E-state index is -0.443. The molecule has 4 aromatic carbocycles. The van der Waals surface area contributed by atoms with Crippen LogP contribution in [0.4, 0.5) is 10.1 Å². The maximum Gasteiger partial charge on any atom is 0.271 e. The molecule has 0 spiro atoms. The Morgan fingerprint density at radius 2 is 1.54 bits per heavy atom. The second-order valence-electron chi connectivity index (χ2n) is 7.55. The highest BCUT2D eigenvalue weighted by molar-refractivity contribution is 6.05. The van der Waals surface area contributed by atoms with E-state index in [-0.39, 0.29) is 0 Å². The van der Waals surface area contributed by atoms with Gasteiger partial charge in [0, 0.05) is 22.4 Å². The molecule has 0 aliphatic rings. The molecular weight excluding hydrogens is 445 g/mol. The molecule has 0 fully saturated rings. The van der Waals surface area contributed by atoms with Crippen LogP contribution in [0.2, 0.25) is 0 Å². The van der Waals surface area contributed by atoms with Gasteiger partial charge in [-0.1, -0.05) is 48.5 Å². The second-order valence-corrected chi connectivity index (χ2v) is 7.55. The first-order valence-electron chi connectivity index (χ1n) is 10.8. The number of ether oxygens (including phenoxy) is 1. The van der Waals surface area contributed by atoms with Crippen molar-refractivity contribution in [3.8, 4) is 5.75 Å². The van der Waals surface area contributed by atoms with E-state index in [4.69, 9.17) is 4.74 Å². The van der Waals surface area contributed by atoms with Crippen LogP contribution in [-0.2, 0) is 6.61 Å². The Bertz CT molecular complexity index is 1340. The van der Waals surface area contributed by atoms with Crippen molar-refractivity contribution < 1.29 is 18.7 Å². The van der Waals surface area contributed by atoms with Gasteiger partial charge in [-0.05, 0) is 60.2 Å². The maximum absolute atomic E-state index is 13.1.